The zero-order chi connectivity index (χ0) is 32.8. The molecule has 11 heteroatoms. The lowest BCUT2D eigenvalue weighted by Gasteiger charge is -2.41. The Morgan fingerprint density at radius 2 is 1.77 bits per heavy atom. The van der Waals surface area contributed by atoms with Gasteiger partial charge < -0.3 is 30.3 Å². The molecule has 3 heterocycles. The highest BCUT2D eigenvalue weighted by Crippen LogP contribution is 2.40. The maximum Gasteiger partial charge on any atom is 0.252 e. The summed E-state index contributed by atoms with van der Waals surface area (Å²) in [7, 11) is 0. The average molecular weight is 717 g/mol. The minimum absolute atomic E-state index is 0.0643. The predicted octanol–water partition coefficient (Wildman–Crippen LogP) is 7.29. The molecule has 3 aromatic rings. The molecular weight excluding hydrogens is 678 g/mol. The average Bonchev–Trinajstić information content (AvgIpc) is 3.79. The molecule has 1 aliphatic carbocycles. The molecule has 7 nitrogen and oxygen atoms in total. The second kappa shape index (κ2) is 13.8. The van der Waals surface area contributed by atoms with Crippen LogP contribution in [0.15, 0.2) is 60.2 Å². The highest BCUT2D eigenvalue weighted by molar-refractivity contribution is 6.42. The molecule has 248 valence electrons. The van der Waals surface area contributed by atoms with Crippen LogP contribution in [0, 0.1) is 0 Å². The number of hydrogen-bond donors (Lipinski definition) is 3. The van der Waals surface area contributed by atoms with Crippen LogP contribution in [0.2, 0.25) is 20.1 Å². The van der Waals surface area contributed by atoms with Crippen molar-refractivity contribution in [3.8, 4) is 5.75 Å². The van der Waals surface area contributed by atoms with Gasteiger partial charge in [0.2, 0.25) is 0 Å². The van der Waals surface area contributed by atoms with Gasteiger partial charge in [-0.3, -0.25) is 4.79 Å². The highest BCUT2D eigenvalue weighted by atomic mass is 35.5. The molecule has 3 N–H and O–H groups in total. The van der Waals surface area contributed by atoms with Crippen molar-refractivity contribution in [2.45, 2.75) is 69.5 Å². The van der Waals surface area contributed by atoms with Crippen LogP contribution in [0.5, 0.6) is 5.75 Å². The number of piperazine rings is 1. The molecule has 0 spiro atoms. The third kappa shape index (κ3) is 7.00. The van der Waals surface area contributed by atoms with E-state index in [0.717, 1.165) is 66.7 Å². The maximum absolute atomic E-state index is 14.5. The highest BCUT2D eigenvalue weighted by Gasteiger charge is 2.41. The molecule has 2 saturated heterocycles. The Labute approximate surface area is 295 Å². The summed E-state index contributed by atoms with van der Waals surface area (Å²) >= 11 is 25.9. The fourth-order valence-electron chi connectivity index (χ4n) is 7.03. The van der Waals surface area contributed by atoms with Crippen LogP contribution in [-0.4, -0.2) is 66.3 Å². The van der Waals surface area contributed by atoms with Crippen LogP contribution >= 0.6 is 46.4 Å². The molecule has 4 atom stereocenters. The van der Waals surface area contributed by atoms with Gasteiger partial charge in [-0.25, -0.2) is 0 Å². The molecule has 1 saturated carbocycles. The Bertz CT molecular complexity index is 1670. The van der Waals surface area contributed by atoms with Crippen molar-refractivity contribution in [2.24, 2.45) is 0 Å². The van der Waals surface area contributed by atoms with Crippen molar-refractivity contribution in [3.05, 3.63) is 97.0 Å². The normalized spacial score (nSPS) is 23.2. The molecule has 0 unspecified atom stereocenters. The van der Waals surface area contributed by atoms with Gasteiger partial charge in [-0.1, -0.05) is 70.7 Å². The monoisotopic (exact) mass is 714 g/mol. The van der Waals surface area contributed by atoms with E-state index in [1.54, 1.807) is 25.1 Å². The summed E-state index contributed by atoms with van der Waals surface area (Å²) in [6.45, 7) is 5.21. The Morgan fingerprint density at radius 1 is 1.02 bits per heavy atom. The van der Waals surface area contributed by atoms with Crippen LogP contribution in [0.4, 0.5) is 5.69 Å². The molecule has 3 fully saturated rings. The summed E-state index contributed by atoms with van der Waals surface area (Å²) in [5.41, 5.74) is 5.66. The SMILES string of the molecule is C[C@H](O)c1cc(Cl)c(O[C@H]2CCN(c3ccc(C4=C(C(=O)N(Cc5cccc(Cl)c5Cl)C5CC5)[C@H]5CNC[C@@H](C4)N5)cc3)C2)c(Cl)c1. The third-order valence-corrected chi connectivity index (χ3v) is 11.1. The lowest BCUT2D eigenvalue weighted by atomic mass is 9.83. The number of rotatable bonds is 9. The number of nitrogens with one attached hydrogen (secondary N) is 2. The fraction of sp³-hybridized carbons (Fsp3) is 0.417. The molecular formula is C36H38Cl4N4O3. The Balaban J connectivity index is 1.11. The summed E-state index contributed by atoms with van der Waals surface area (Å²) in [5, 5.41) is 18.9. The molecule has 0 radical (unpaired) electrons. The van der Waals surface area contributed by atoms with Gasteiger partial charge in [0, 0.05) is 55.9 Å². The summed E-state index contributed by atoms with van der Waals surface area (Å²) in [6, 6.07) is 18.0. The van der Waals surface area contributed by atoms with E-state index in [4.69, 9.17) is 51.1 Å². The minimum Gasteiger partial charge on any atom is -0.485 e. The lowest BCUT2D eigenvalue weighted by molar-refractivity contribution is -0.128. The Kier molecular flexibility index (Phi) is 9.69. The summed E-state index contributed by atoms with van der Waals surface area (Å²) < 4.78 is 6.26. The molecule has 2 bridgehead atoms. The van der Waals surface area contributed by atoms with Gasteiger partial charge in [0.15, 0.2) is 5.75 Å². The van der Waals surface area contributed by atoms with Crippen molar-refractivity contribution in [1.82, 2.24) is 15.5 Å². The summed E-state index contributed by atoms with van der Waals surface area (Å²) in [4.78, 5) is 18.8. The van der Waals surface area contributed by atoms with E-state index in [9.17, 15) is 9.90 Å². The number of carbonyl (C=O) groups excluding carboxylic acids is 1. The second-order valence-electron chi connectivity index (χ2n) is 13.1. The number of benzene rings is 3. The third-order valence-electron chi connectivity index (χ3n) is 9.66. The van der Waals surface area contributed by atoms with E-state index >= 15 is 0 Å². The van der Waals surface area contributed by atoms with E-state index in [1.165, 1.54) is 0 Å². The Hall–Kier alpha value is -2.49. The van der Waals surface area contributed by atoms with Crippen LogP contribution in [0.1, 0.15) is 55.4 Å². The van der Waals surface area contributed by atoms with Crippen molar-refractivity contribution < 1.29 is 14.6 Å². The van der Waals surface area contributed by atoms with Gasteiger partial charge >= 0.3 is 0 Å². The molecule has 1 amide bonds. The number of aliphatic hydroxyl groups excluding tert-OH is 1. The molecule has 7 rings (SSSR count). The zero-order valence-electron chi connectivity index (χ0n) is 26.1. The van der Waals surface area contributed by atoms with Gasteiger partial charge in [0.1, 0.15) is 6.10 Å². The van der Waals surface area contributed by atoms with Crippen LogP contribution < -0.4 is 20.3 Å². The van der Waals surface area contributed by atoms with Crippen LogP contribution in [0.25, 0.3) is 5.57 Å². The van der Waals surface area contributed by atoms with E-state index < -0.39 is 6.10 Å². The van der Waals surface area contributed by atoms with Gasteiger partial charge in [-0.2, -0.15) is 0 Å². The van der Waals surface area contributed by atoms with Gasteiger partial charge in [0.05, 0.1) is 38.8 Å². The number of anilines is 1. The first-order valence-corrected chi connectivity index (χ1v) is 17.8. The number of amides is 1. The standard InChI is InChI=1S/C36H38Cl4N4O3/c1-20(45)23-13-30(38)35(31(39)14-23)47-27-11-12-43(19-27)25-7-5-21(6-8-25)28-15-24-16-41-17-32(42-24)33(28)36(46)44(26-9-10-26)18-22-3-2-4-29(37)34(22)40/h2-8,13-14,20,24,26-27,32,41-42,45H,9-12,15-19H2,1H3/t20-,24+,27-,32+/m0/s1. The number of ether oxygens (including phenoxy) is 1. The molecule has 47 heavy (non-hydrogen) atoms. The summed E-state index contributed by atoms with van der Waals surface area (Å²) in [5.74, 6) is 0.522. The number of aliphatic hydroxyl groups is 1. The number of hydrogen-bond acceptors (Lipinski definition) is 6. The maximum atomic E-state index is 14.5. The topological polar surface area (TPSA) is 77.1 Å². The number of carbonyl (C=O) groups is 1. The quantitative estimate of drug-likeness (QED) is 0.216. The number of halogens is 4. The van der Waals surface area contributed by atoms with E-state index in [0.29, 0.717) is 51.0 Å². The number of nitrogens with zero attached hydrogens (tertiary/aromatic N) is 2. The van der Waals surface area contributed by atoms with Gasteiger partial charge in [0.25, 0.3) is 5.91 Å². The first-order valence-electron chi connectivity index (χ1n) is 16.3. The fourth-order valence-corrected chi connectivity index (χ4v) is 8.01. The first kappa shape index (κ1) is 33.0. The minimum atomic E-state index is -0.666. The largest absolute Gasteiger partial charge is 0.485 e. The lowest BCUT2D eigenvalue weighted by Crippen LogP contribution is -2.60. The molecule has 0 aromatic heterocycles. The predicted molar refractivity (Wildman–Crippen MR) is 190 cm³/mol. The van der Waals surface area contributed by atoms with E-state index in [1.807, 2.05) is 17.0 Å². The number of fused-ring (bicyclic) bond motifs is 2. The smallest absolute Gasteiger partial charge is 0.252 e. The van der Waals surface area contributed by atoms with Crippen molar-refractivity contribution in [1.29, 1.82) is 0 Å². The first-order chi connectivity index (χ1) is 22.7. The van der Waals surface area contributed by atoms with E-state index in [-0.39, 0.29) is 30.1 Å². The van der Waals surface area contributed by atoms with Crippen molar-refractivity contribution in [3.63, 3.8) is 0 Å². The second-order valence-corrected chi connectivity index (χ2v) is 14.7. The van der Waals surface area contributed by atoms with Gasteiger partial charge in [-0.05, 0) is 78.8 Å². The molecule has 4 aliphatic rings. The molecule has 3 aromatic carbocycles. The van der Waals surface area contributed by atoms with Crippen LogP contribution in [0.3, 0.4) is 0 Å². The molecule has 3 aliphatic heterocycles. The van der Waals surface area contributed by atoms with E-state index in [2.05, 4.69) is 39.8 Å². The Morgan fingerprint density at radius 3 is 2.47 bits per heavy atom. The van der Waals surface area contributed by atoms with Crippen molar-refractivity contribution in [2.75, 3.05) is 31.1 Å². The zero-order valence-corrected chi connectivity index (χ0v) is 29.1. The van der Waals surface area contributed by atoms with Gasteiger partial charge in [-0.15, -0.1) is 0 Å². The van der Waals surface area contributed by atoms with Crippen molar-refractivity contribution >= 4 is 63.6 Å². The summed E-state index contributed by atoms with van der Waals surface area (Å²) in [6.07, 6.45) is 2.84. The van der Waals surface area contributed by atoms with Crippen LogP contribution in [-0.2, 0) is 11.3 Å².